The van der Waals surface area contributed by atoms with Gasteiger partial charge in [-0.05, 0) is 50.4 Å². The van der Waals surface area contributed by atoms with Crippen molar-refractivity contribution >= 4 is 5.91 Å². The first-order valence-corrected chi connectivity index (χ1v) is 7.28. The molecule has 3 N–H and O–H groups in total. The highest BCUT2D eigenvalue weighted by atomic mass is 16.1. The van der Waals surface area contributed by atoms with Crippen molar-refractivity contribution in [2.75, 3.05) is 0 Å². The van der Waals surface area contributed by atoms with E-state index in [-0.39, 0.29) is 0 Å². The molecule has 3 heteroatoms. The Bertz CT molecular complexity index is 285. The zero-order chi connectivity index (χ0) is 11.8. The normalized spacial score (nSPS) is 41.7. The van der Waals surface area contributed by atoms with Crippen molar-refractivity contribution in [1.29, 1.82) is 0 Å². The van der Waals surface area contributed by atoms with Crippen LogP contribution in [0.4, 0.5) is 0 Å². The van der Waals surface area contributed by atoms with Crippen molar-refractivity contribution in [3.8, 4) is 0 Å². The molecule has 0 spiro atoms. The van der Waals surface area contributed by atoms with Crippen LogP contribution in [-0.2, 0) is 4.79 Å². The Kier molecular flexibility index (Phi) is 3.12. The highest BCUT2D eigenvalue weighted by molar-refractivity contribution is 5.79. The van der Waals surface area contributed by atoms with E-state index in [1.54, 1.807) is 0 Å². The highest BCUT2D eigenvalue weighted by Crippen LogP contribution is 2.43. The van der Waals surface area contributed by atoms with Crippen molar-refractivity contribution < 1.29 is 4.79 Å². The second-order valence-corrected chi connectivity index (χ2v) is 6.41. The lowest BCUT2D eigenvalue weighted by atomic mass is 10.0. The predicted molar refractivity (Wildman–Crippen MR) is 67.3 cm³/mol. The molecule has 0 saturated heterocycles. The molecule has 0 radical (unpaired) electrons. The minimum absolute atomic E-state index is 0.317. The third kappa shape index (κ3) is 2.35. The van der Waals surface area contributed by atoms with Crippen LogP contribution in [-0.4, -0.2) is 18.0 Å². The van der Waals surface area contributed by atoms with Crippen LogP contribution in [0.2, 0.25) is 0 Å². The molecular formula is C14H24N2O. The van der Waals surface area contributed by atoms with Crippen molar-refractivity contribution in [2.45, 2.75) is 63.5 Å². The Balaban J connectivity index is 1.49. The third-order valence-electron chi connectivity index (χ3n) is 5.12. The Morgan fingerprint density at radius 3 is 2.18 bits per heavy atom. The molecule has 1 amide bonds. The van der Waals surface area contributed by atoms with Crippen LogP contribution in [0, 0.1) is 17.8 Å². The maximum atomic E-state index is 12.0. The van der Waals surface area contributed by atoms with Crippen LogP contribution in [0.3, 0.4) is 0 Å². The van der Waals surface area contributed by atoms with Gasteiger partial charge >= 0.3 is 0 Å². The SMILES string of the molecule is NC1CC2CC(NC(=O)C3CCCC3)CC2C1. The van der Waals surface area contributed by atoms with Gasteiger partial charge in [-0.25, -0.2) is 0 Å². The summed E-state index contributed by atoms with van der Waals surface area (Å²) in [7, 11) is 0. The van der Waals surface area contributed by atoms with Crippen molar-refractivity contribution in [3.05, 3.63) is 0 Å². The lowest BCUT2D eigenvalue weighted by Crippen LogP contribution is -2.37. The Morgan fingerprint density at radius 2 is 1.59 bits per heavy atom. The van der Waals surface area contributed by atoms with E-state index in [1.165, 1.54) is 38.5 Å². The maximum Gasteiger partial charge on any atom is 0.223 e. The van der Waals surface area contributed by atoms with Crippen LogP contribution in [0.15, 0.2) is 0 Å². The Hall–Kier alpha value is -0.570. The predicted octanol–water partition coefficient (Wildman–Crippen LogP) is 1.81. The molecule has 3 fully saturated rings. The van der Waals surface area contributed by atoms with Gasteiger partial charge in [-0.1, -0.05) is 12.8 Å². The van der Waals surface area contributed by atoms with Crippen molar-refractivity contribution in [1.82, 2.24) is 5.32 Å². The summed E-state index contributed by atoms with van der Waals surface area (Å²) < 4.78 is 0. The van der Waals surface area contributed by atoms with E-state index in [9.17, 15) is 4.79 Å². The fraction of sp³-hybridized carbons (Fsp3) is 0.929. The van der Waals surface area contributed by atoms with Gasteiger partial charge in [-0.2, -0.15) is 0 Å². The molecule has 2 unspecified atom stereocenters. The van der Waals surface area contributed by atoms with Gasteiger partial charge in [0.15, 0.2) is 0 Å². The molecule has 3 aliphatic rings. The van der Waals surface area contributed by atoms with Gasteiger partial charge < -0.3 is 11.1 Å². The number of nitrogens with one attached hydrogen (secondary N) is 1. The van der Waals surface area contributed by atoms with Gasteiger partial charge in [-0.3, -0.25) is 4.79 Å². The summed E-state index contributed by atoms with van der Waals surface area (Å²) in [6.45, 7) is 0. The lowest BCUT2D eigenvalue weighted by Gasteiger charge is -2.17. The molecule has 3 rings (SSSR count). The highest BCUT2D eigenvalue weighted by Gasteiger charge is 2.41. The number of carbonyl (C=O) groups is 1. The molecule has 2 atom stereocenters. The summed E-state index contributed by atoms with van der Waals surface area (Å²) in [5.41, 5.74) is 5.98. The summed E-state index contributed by atoms with van der Waals surface area (Å²) in [4.78, 5) is 12.0. The molecular weight excluding hydrogens is 212 g/mol. The monoisotopic (exact) mass is 236 g/mol. The molecule has 96 valence electrons. The lowest BCUT2D eigenvalue weighted by molar-refractivity contribution is -0.125. The Labute approximate surface area is 104 Å². The zero-order valence-corrected chi connectivity index (χ0v) is 10.5. The molecule has 3 aliphatic carbocycles. The van der Waals surface area contributed by atoms with E-state index >= 15 is 0 Å². The second-order valence-electron chi connectivity index (χ2n) is 6.41. The second kappa shape index (κ2) is 4.60. The van der Waals surface area contributed by atoms with Crippen LogP contribution in [0.1, 0.15) is 51.4 Å². The Morgan fingerprint density at radius 1 is 1.00 bits per heavy atom. The maximum absolute atomic E-state index is 12.0. The zero-order valence-electron chi connectivity index (χ0n) is 10.5. The first-order chi connectivity index (χ1) is 8.22. The molecule has 0 aromatic heterocycles. The fourth-order valence-corrected chi connectivity index (χ4v) is 4.29. The van der Waals surface area contributed by atoms with Gasteiger partial charge in [-0.15, -0.1) is 0 Å². The number of hydrogen-bond donors (Lipinski definition) is 2. The molecule has 3 nitrogen and oxygen atoms in total. The fourth-order valence-electron chi connectivity index (χ4n) is 4.29. The summed E-state index contributed by atoms with van der Waals surface area (Å²) in [5, 5.41) is 3.28. The summed E-state index contributed by atoms with van der Waals surface area (Å²) in [6, 6.07) is 0.877. The average Bonchev–Trinajstić information content (AvgIpc) is 2.91. The molecule has 0 aliphatic heterocycles. The van der Waals surface area contributed by atoms with Crippen LogP contribution in [0.25, 0.3) is 0 Å². The number of amides is 1. The van der Waals surface area contributed by atoms with E-state index in [2.05, 4.69) is 5.32 Å². The number of fused-ring (bicyclic) bond motifs is 1. The smallest absolute Gasteiger partial charge is 0.223 e. The van der Waals surface area contributed by atoms with E-state index in [1.807, 2.05) is 0 Å². The molecule has 0 aromatic rings. The number of hydrogen-bond acceptors (Lipinski definition) is 2. The molecule has 0 bridgehead atoms. The average molecular weight is 236 g/mol. The van der Waals surface area contributed by atoms with Crippen molar-refractivity contribution in [2.24, 2.45) is 23.5 Å². The first kappa shape index (κ1) is 11.5. The van der Waals surface area contributed by atoms with Crippen LogP contribution in [0.5, 0.6) is 0 Å². The molecule has 3 saturated carbocycles. The van der Waals surface area contributed by atoms with Gasteiger partial charge in [0.1, 0.15) is 0 Å². The molecule has 0 aromatic carbocycles. The van der Waals surface area contributed by atoms with E-state index < -0.39 is 0 Å². The summed E-state index contributed by atoms with van der Waals surface area (Å²) in [6.07, 6.45) is 9.41. The van der Waals surface area contributed by atoms with Gasteiger partial charge in [0.2, 0.25) is 5.91 Å². The molecule has 17 heavy (non-hydrogen) atoms. The van der Waals surface area contributed by atoms with E-state index in [4.69, 9.17) is 5.73 Å². The van der Waals surface area contributed by atoms with Crippen LogP contribution >= 0.6 is 0 Å². The minimum Gasteiger partial charge on any atom is -0.353 e. The van der Waals surface area contributed by atoms with Gasteiger partial charge in [0.05, 0.1) is 0 Å². The third-order valence-corrected chi connectivity index (χ3v) is 5.12. The first-order valence-electron chi connectivity index (χ1n) is 7.28. The van der Waals surface area contributed by atoms with Crippen molar-refractivity contribution in [3.63, 3.8) is 0 Å². The molecule has 0 heterocycles. The quantitative estimate of drug-likeness (QED) is 0.768. The minimum atomic E-state index is 0.317. The summed E-state index contributed by atoms with van der Waals surface area (Å²) in [5.74, 6) is 2.23. The largest absolute Gasteiger partial charge is 0.353 e. The van der Waals surface area contributed by atoms with E-state index in [0.29, 0.717) is 23.9 Å². The van der Waals surface area contributed by atoms with E-state index in [0.717, 1.165) is 24.7 Å². The number of carbonyl (C=O) groups excluding carboxylic acids is 1. The number of nitrogens with two attached hydrogens (primary N) is 1. The summed E-state index contributed by atoms with van der Waals surface area (Å²) >= 11 is 0. The topological polar surface area (TPSA) is 55.1 Å². The standard InChI is InChI=1S/C14H24N2O/c15-12-5-10-7-13(8-11(10)6-12)16-14(17)9-3-1-2-4-9/h9-13H,1-8,15H2,(H,16,17). The van der Waals surface area contributed by atoms with Gasteiger partial charge in [0.25, 0.3) is 0 Å². The van der Waals surface area contributed by atoms with Gasteiger partial charge in [0, 0.05) is 18.0 Å². The number of rotatable bonds is 2. The van der Waals surface area contributed by atoms with Crippen LogP contribution < -0.4 is 11.1 Å².